The van der Waals surface area contributed by atoms with E-state index in [2.05, 4.69) is 22.0 Å². The molecule has 1 aromatic rings. The summed E-state index contributed by atoms with van der Waals surface area (Å²) in [7, 11) is 0. The van der Waals surface area contributed by atoms with Crippen molar-refractivity contribution in [2.24, 2.45) is 5.92 Å². The molecule has 5 nitrogen and oxygen atoms in total. The Hall–Kier alpha value is -1.74. The molecule has 0 aromatic heterocycles. The summed E-state index contributed by atoms with van der Waals surface area (Å²) in [5, 5.41) is 9.16. The summed E-state index contributed by atoms with van der Waals surface area (Å²) in [4.78, 5) is 13.8. The minimum Gasteiger partial charge on any atom is -0.491 e. The van der Waals surface area contributed by atoms with E-state index in [0.717, 1.165) is 17.3 Å². The summed E-state index contributed by atoms with van der Waals surface area (Å²) in [6, 6.07) is 7.56. The Morgan fingerprint density at radius 2 is 2.04 bits per heavy atom. The minimum absolute atomic E-state index is 0.251. The van der Waals surface area contributed by atoms with Crippen LogP contribution in [0.2, 0.25) is 0 Å². The molecule has 0 unspecified atom stereocenters. The van der Waals surface area contributed by atoms with Crippen molar-refractivity contribution in [3.63, 3.8) is 0 Å². The summed E-state index contributed by atoms with van der Waals surface area (Å²) in [6.07, 6.45) is 1.48. The molecule has 0 aliphatic carbocycles. The smallest absolute Gasteiger partial charge is 0.410 e. The van der Waals surface area contributed by atoms with E-state index in [1.807, 2.05) is 32.9 Å². The monoisotopic (exact) mass is 394 g/mol. The molecular formula is C18H23BrN2O3. The maximum atomic E-state index is 12.1. The van der Waals surface area contributed by atoms with E-state index < -0.39 is 5.60 Å². The zero-order valence-corrected chi connectivity index (χ0v) is 15.9. The molecule has 0 bridgehead atoms. The van der Waals surface area contributed by atoms with Gasteiger partial charge in [-0.15, -0.1) is 0 Å². The van der Waals surface area contributed by atoms with Gasteiger partial charge in [-0.2, -0.15) is 5.26 Å². The number of ether oxygens (including phenoxy) is 2. The molecule has 0 N–H and O–H groups in total. The lowest BCUT2D eigenvalue weighted by Gasteiger charge is -2.33. The molecule has 0 spiro atoms. The van der Waals surface area contributed by atoms with E-state index in [9.17, 15) is 4.79 Å². The molecule has 1 aliphatic heterocycles. The Morgan fingerprint density at radius 3 is 2.62 bits per heavy atom. The molecule has 1 heterocycles. The maximum absolute atomic E-state index is 12.1. The number of hydrogen-bond donors (Lipinski definition) is 0. The first-order valence-corrected chi connectivity index (χ1v) is 8.89. The predicted molar refractivity (Wildman–Crippen MR) is 94.9 cm³/mol. The zero-order valence-electron chi connectivity index (χ0n) is 14.3. The number of carbonyl (C=O) groups excluding carboxylic acids is 1. The summed E-state index contributed by atoms with van der Waals surface area (Å²) in [5.74, 6) is 0.955. The second-order valence-corrected chi connectivity index (χ2v) is 7.80. The number of amides is 1. The highest BCUT2D eigenvalue weighted by molar-refractivity contribution is 9.10. The van der Waals surface area contributed by atoms with Crippen LogP contribution in [0, 0.1) is 17.2 Å². The average molecular weight is 395 g/mol. The fourth-order valence-corrected chi connectivity index (χ4v) is 3.03. The van der Waals surface area contributed by atoms with Gasteiger partial charge in [-0.3, -0.25) is 0 Å². The third kappa shape index (κ3) is 5.13. The van der Waals surface area contributed by atoms with Crippen molar-refractivity contribution in [1.82, 2.24) is 4.90 Å². The molecule has 0 atom stereocenters. The summed E-state index contributed by atoms with van der Waals surface area (Å²) >= 11 is 3.42. The van der Waals surface area contributed by atoms with E-state index in [4.69, 9.17) is 14.7 Å². The lowest BCUT2D eigenvalue weighted by Crippen LogP contribution is -2.42. The van der Waals surface area contributed by atoms with Crippen LogP contribution in [0.5, 0.6) is 5.75 Å². The summed E-state index contributed by atoms with van der Waals surface area (Å²) in [5.41, 5.74) is 0.0557. The number of carbonyl (C=O) groups is 1. The first-order valence-electron chi connectivity index (χ1n) is 8.09. The van der Waals surface area contributed by atoms with Gasteiger partial charge in [-0.05, 0) is 67.6 Å². The molecule has 1 amide bonds. The van der Waals surface area contributed by atoms with Crippen LogP contribution in [0.15, 0.2) is 22.7 Å². The third-order valence-electron chi connectivity index (χ3n) is 3.82. The van der Waals surface area contributed by atoms with Gasteiger partial charge in [0.15, 0.2) is 5.75 Å². The van der Waals surface area contributed by atoms with Crippen LogP contribution in [0.4, 0.5) is 4.79 Å². The number of rotatable bonds is 3. The van der Waals surface area contributed by atoms with Crippen LogP contribution < -0.4 is 4.74 Å². The van der Waals surface area contributed by atoms with Gasteiger partial charge in [0.25, 0.3) is 0 Å². The van der Waals surface area contributed by atoms with Gasteiger partial charge in [0.2, 0.25) is 0 Å². The van der Waals surface area contributed by atoms with Crippen molar-refractivity contribution >= 4 is 22.0 Å². The second kappa shape index (κ2) is 7.89. The van der Waals surface area contributed by atoms with Crippen LogP contribution in [-0.2, 0) is 4.74 Å². The van der Waals surface area contributed by atoms with Gasteiger partial charge in [-0.1, -0.05) is 6.07 Å². The molecule has 2 rings (SSSR count). The number of halogens is 1. The summed E-state index contributed by atoms with van der Waals surface area (Å²) < 4.78 is 12.1. The standard InChI is InChI=1S/C18H23BrN2O3/c1-18(2,3)24-17(22)21-9-7-13(8-10-21)12-23-16-14(11-20)5-4-6-15(16)19/h4-6,13H,7-10,12H2,1-3H3. The number of para-hydroxylation sites is 1. The number of likely N-dealkylation sites (tertiary alicyclic amines) is 1. The van der Waals surface area contributed by atoms with Crippen LogP contribution in [0.3, 0.4) is 0 Å². The quantitative estimate of drug-likeness (QED) is 0.764. The van der Waals surface area contributed by atoms with E-state index in [-0.39, 0.29) is 6.09 Å². The second-order valence-electron chi connectivity index (χ2n) is 6.95. The van der Waals surface area contributed by atoms with Gasteiger partial charge >= 0.3 is 6.09 Å². The van der Waals surface area contributed by atoms with Gasteiger partial charge in [0.05, 0.1) is 16.6 Å². The van der Waals surface area contributed by atoms with Gasteiger partial charge in [0.1, 0.15) is 11.7 Å². The lowest BCUT2D eigenvalue weighted by atomic mass is 9.98. The number of piperidine rings is 1. The number of benzene rings is 1. The van der Waals surface area contributed by atoms with E-state index in [1.165, 1.54) is 0 Å². The fourth-order valence-electron chi connectivity index (χ4n) is 2.55. The Bertz CT molecular complexity index is 626. The molecule has 1 fully saturated rings. The molecule has 130 valence electrons. The highest BCUT2D eigenvalue weighted by Gasteiger charge is 2.27. The van der Waals surface area contributed by atoms with Gasteiger partial charge in [0, 0.05) is 13.1 Å². The molecular weight excluding hydrogens is 372 g/mol. The molecule has 6 heteroatoms. The molecule has 24 heavy (non-hydrogen) atoms. The largest absolute Gasteiger partial charge is 0.491 e. The third-order valence-corrected chi connectivity index (χ3v) is 4.44. The van der Waals surface area contributed by atoms with Crippen LogP contribution in [0.25, 0.3) is 0 Å². The molecule has 1 aromatic carbocycles. The van der Waals surface area contributed by atoms with Crippen LogP contribution in [-0.4, -0.2) is 36.3 Å². The maximum Gasteiger partial charge on any atom is 0.410 e. The van der Waals surface area contributed by atoms with Crippen molar-refractivity contribution in [3.05, 3.63) is 28.2 Å². The van der Waals surface area contributed by atoms with Crippen molar-refractivity contribution in [1.29, 1.82) is 5.26 Å². The fraction of sp³-hybridized carbons (Fsp3) is 0.556. The first-order chi connectivity index (χ1) is 11.3. The van der Waals surface area contributed by atoms with Gasteiger partial charge in [-0.25, -0.2) is 4.79 Å². The number of hydrogen-bond acceptors (Lipinski definition) is 4. The van der Waals surface area contributed by atoms with E-state index in [1.54, 1.807) is 11.0 Å². The SMILES string of the molecule is CC(C)(C)OC(=O)N1CCC(COc2c(Br)cccc2C#N)CC1. The van der Waals surface area contributed by atoms with Gasteiger partial charge < -0.3 is 14.4 Å². The molecule has 1 saturated heterocycles. The highest BCUT2D eigenvalue weighted by atomic mass is 79.9. The van der Waals surface area contributed by atoms with E-state index >= 15 is 0 Å². The number of nitrogens with zero attached hydrogens (tertiary/aromatic N) is 2. The van der Waals surface area contributed by atoms with Crippen molar-refractivity contribution < 1.29 is 14.3 Å². The molecule has 0 radical (unpaired) electrons. The van der Waals surface area contributed by atoms with E-state index in [0.29, 0.717) is 36.9 Å². The average Bonchev–Trinajstić information content (AvgIpc) is 2.52. The Labute approximate surface area is 151 Å². The summed E-state index contributed by atoms with van der Waals surface area (Å²) in [6.45, 7) is 7.50. The zero-order chi connectivity index (χ0) is 17.7. The lowest BCUT2D eigenvalue weighted by molar-refractivity contribution is 0.0165. The molecule has 0 saturated carbocycles. The number of nitriles is 1. The van der Waals surface area contributed by atoms with Crippen molar-refractivity contribution in [3.8, 4) is 11.8 Å². The predicted octanol–water partition coefficient (Wildman–Crippen LogP) is 4.35. The highest BCUT2D eigenvalue weighted by Crippen LogP contribution is 2.30. The van der Waals surface area contributed by atoms with Crippen molar-refractivity contribution in [2.45, 2.75) is 39.2 Å². The normalized spacial score (nSPS) is 15.7. The van der Waals surface area contributed by atoms with Crippen molar-refractivity contribution in [2.75, 3.05) is 19.7 Å². The topological polar surface area (TPSA) is 62.6 Å². The molecule has 1 aliphatic rings. The Kier molecular flexibility index (Phi) is 6.11. The first kappa shape index (κ1) is 18.6. The minimum atomic E-state index is -0.468. The Morgan fingerprint density at radius 1 is 1.38 bits per heavy atom. The van der Waals surface area contributed by atoms with Crippen LogP contribution >= 0.6 is 15.9 Å². The van der Waals surface area contributed by atoms with Crippen LogP contribution in [0.1, 0.15) is 39.2 Å². The Balaban J connectivity index is 1.84.